The maximum Gasteiger partial charge on any atom is 0.0624 e. The van der Waals surface area contributed by atoms with E-state index < -0.39 is 0 Å². The third kappa shape index (κ3) is 3.34. The molecule has 1 rings (SSSR count). The van der Waals surface area contributed by atoms with E-state index in [0.29, 0.717) is 0 Å². The molecular formula is C12H23N3. The SMILES string of the molecule is CCc1cc(CC(C)(C)CNC)n(C)n1. The molecule has 3 nitrogen and oxygen atoms in total. The van der Waals surface area contributed by atoms with Crippen LogP contribution in [0.1, 0.15) is 32.2 Å². The zero-order valence-electron chi connectivity index (χ0n) is 10.6. The summed E-state index contributed by atoms with van der Waals surface area (Å²) in [6.07, 6.45) is 2.08. The van der Waals surface area contributed by atoms with Crippen molar-refractivity contribution in [3.05, 3.63) is 17.5 Å². The summed E-state index contributed by atoms with van der Waals surface area (Å²) in [7, 11) is 4.03. The maximum absolute atomic E-state index is 4.47. The van der Waals surface area contributed by atoms with Gasteiger partial charge in [0.1, 0.15) is 0 Å². The van der Waals surface area contributed by atoms with Gasteiger partial charge in [-0.15, -0.1) is 0 Å². The molecule has 3 heteroatoms. The molecular weight excluding hydrogens is 186 g/mol. The molecule has 1 heterocycles. The van der Waals surface area contributed by atoms with E-state index in [1.165, 1.54) is 11.4 Å². The van der Waals surface area contributed by atoms with Gasteiger partial charge in [0.05, 0.1) is 5.69 Å². The largest absolute Gasteiger partial charge is 0.319 e. The van der Waals surface area contributed by atoms with Gasteiger partial charge in [-0.1, -0.05) is 20.8 Å². The van der Waals surface area contributed by atoms with E-state index in [0.717, 1.165) is 19.4 Å². The van der Waals surface area contributed by atoms with Gasteiger partial charge in [-0.3, -0.25) is 4.68 Å². The van der Waals surface area contributed by atoms with Crippen LogP contribution in [0, 0.1) is 5.41 Å². The Hall–Kier alpha value is -0.830. The molecule has 0 aliphatic heterocycles. The first-order valence-corrected chi connectivity index (χ1v) is 5.65. The summed E-state index contributed by atoms with van der Waals surface area (Å²) in [5.41, 5.74) is 2.80. The minimum absolute atomic E-state index is 0.285. The molecule has 1 N–H and O–H groups in total. The van der Waals surface area contributed by atoms with Crippen molar-refractivity contribution < 1.29 is 0 Å². The molecule has 1 aromatic heterocycles. The van der Waals surface area contributed by atoms with Gasteiger partial charge in [-0.05, 0) is 31.4 Å². The topological polar surface area (TPSA) is 29.9 Å². The van der Waals surface area contributed by atoms with Crippen LogP contribution in [0.2, 0.25) is 0 Å². The third-order valence-corrected chi connectivity index (χ3v) is 2.70. The minimum atomic E-state index is 0.285. The Bertz CT molecular complexity index is 313. The highest BCUT2D eigenvalue weighted by atomic mass is 15.3. The highest BCUT2D eigenvalue weighted by Gasteiger charge is 2.19. The molecule has 0 spiro atoms. The van der Waals surface area contributed by atoms with Crippen molar-refractivity contribution in [2.24, 2.45) is 12.5 Å². The summed E-state index contributed by atoms with van der Waals surface area (Å²) in [6, 6.07) is 2.22. The summed E-state index contributed by atoms with van der Waals surface area (Å²) in [5, 5.41) is 7.71. The van der Waals surface area contributed by atoms with Gasteiger partial charge in [0, 0.05) is 19.3 Å². The van der Waals surface area contributed by atoms with Crippen LogP contribution in [0.3, 0.4) is 0 Å². The van der Waals surface area contributed by atoms with Crippen LogP contribution >= 0.6 is 0 Å². The number of aromatic nitrogens is 2. The molecule has 0 bridgehead atoms. The van der Waals surface area contributed by atoms with Crippen LogP contribution in [-0.2, 0) is 19.9 Å². The summed E-state index contributed by atoms with van der Waals surface area (Å²) in [5.74, 6) is 0. The number of nitrogens with one attached hydrogen (secondary N) is 1. The van der Waals surface area contributed by atoms with Gasteiger partial charge in [0.15, 0.2) is 0 Å². The van der Waals surface area contributed by atoms with Gasteiger partial charge in [0.25, 0.3) is 0 Å². The highest BCUT2D eigenvalue weighted by molar-refractivity contribution is 5.11. The molecule has 1 aromatic rings. The van der Waals surface area contributed by atoms with Gasteiger partial charge >= 0.3 is 0 Å². The fourth-order valence-electron chi connectivity index (χ4n) is 1.94. The minimum Gasteiger partial charge on any atom is -0.319 e. The van der Waals surface area contributed by atoms with Crippen LogP contribution in [0.4, 0.5) is 0 Å². The second-order valence-corrected chi connectivity index (χ2v) is 4.98. The Morgan fingerprint density at radius 3 is 2.60 bits per heavy atom. The normalized spacial score (nSPS) is 12.1. The molecule has 86 valence electrons. The van der Waals surface area contributed by atoms with E-state index in [4.69, 9.17) is 0 Å². The second kappa shape index (κ2) is 4.79. The van der Waals surface area contributed by atoms with Crippen molar-refractivity contribution in [1.29, 1.82) is 0 Å². The van der Waals surface area contributed by atoms with Crippen molar-refractivity contribution in [2.75, 3.05) is 13.6 Å². The number of hydrogen-bond acceptors (Lipinski definition) is 2. The van der Waals surface area contributed by atoms with E-state index in [1.54, 1.807) is 0 Å². The Balaban J connectivity index is 2.75. The zero-order chi connectivity index (χ0) is 11.5. The van der Waals surface area contributed by atoms with Gasteiger partial charge < -0.3 is 5.32 Å². The van der Waals surface area contributed by atoms with Crippen LogP contribution in [0.15, 0.2) is 6.07 Å². The molecule has 15 heavy (non-hydrogen) atoms. The number of aryl methyl sites for hydroxylation is 2. The summed E-state index contributed by atoms with van der Waals surface area (Å²) >= 11 is 0. The van der Waals surface area contributed by atoms with Gasteiger partial charge in [0.2, 0.25) is 0 Å². The Morgan fingerprint density at radius 1 is 1.47 bits per heavy atom. The molecule has 0 fully saturated rings. The van der Waals surface area contributed by atoms with Crippen molar-refractivity contribution >= 4 is 0 Å². The first-order valence-electron chi connectivity index (χ1n) is 5.65. The first kappa shape index (κ1) is 12.2. The lowest BCUT2D eigenvalue weighted by Crippen LogP contribution is -2.29. The van der Waals surface area contributed by atoms with Gasteiger partial charge in [-0.2, -0.15) is 5.10 Å². The monoisotopic (exact) mass is 209 g/mol. The third-order valence-electron chi connectivity index (χ3n) is 2.70. The second-order valence-electron chi connectivity index (χ2n) is 4.98. The molecule has 0 aliphatic rings. The van der Waals surface area contributed by atoms with Crippen molar-refractivity contribution in [1.82, 2.24) is 15.1 Å². The Labute approximate surface area is 92.9 Å². The Morgan fingerprint density at radius 2 is 2.13 bits per heavy atom. The van der Waals surface area contributed by atoms with E-state index in [9.17, 15) is 0 Å². The molecule has 0 unspecified atom stereocenters. The lowest BCUT2D eigenvalue weighted by molar-refractivity contribution is 0.341. The predicted molar refractivity (Wildman–Crippen MR) is 64.0 cm³/mol. The number of hydrogen-bond donors (Lipinski definition) is 1. The standard InChI is InChI=1S/C12H23N3/c1-6-10-7-11(15(5)14-10)8-12(2,3)9-13-4/h7,13H,6,8-9H2,1-5H3. The van der Waals surface area contributed by atoms with Gasteiger partial charge in [-0.25, -0.2) is 0 Å². The Kier molecular flexibility index (Phi) is 3.91. The van der Waals surface area contributed by atoms with Crippen LogP contribution in [-0.4, -0.2) is 23.4 Å². The molecule has 0 saturated carbocycles. The fraction of sp³-hybridized carbons (Fsp3) is 0.750. The lowest BCUT2D eigenvalue weighted by Gasteiger charge is -2.23. The molecule has 0 saturated heterocycles. The quantitative estimate of drug-likeness (QED) is 0.801. The fourth-order valence-corrected chi connectivity index (χ4v) is 1.94. The first-order chi connectivity index (χ1) is 6.98. The van der Waals surface area contributed by atoms with Crippen molar-refractivity contribution in [3.63, 3.8) is 0 Å². The smallest absolute Gasteiger partial charge is 0.0624 e. The van der Waals surface area contributed by atoms with Crippen molar-refractivity contribution in [3.8, 4) is 0 Å². The van der Waals surface area contributed by atoms with E-state index >= 15 is 0 Å². The zero-order valence-corrected chi connectivity index (χ0v) is 10.6. The number of nitrogens with zero attached hydrogens (tertiary/aromatic N) is 2. The predicted octanol–water partition coefficient (Wildman–Crippen LogP) is 1.77. The van der Waals surface area contributed by atoms with E-state index in [-0.39, 0.29) is 5.41 Å². The number of rotatable bonds is 5. The summed E-state index contributed by atoms with van der Waals surface area (Å²) in [6.45, 7) is 7.73. The van der Waals surface area contributed by atoms with Crippen LogP contribution in [0.5, 0.6) is 0 Å². The lowest BCUT2D eigenvalue weighted by atomic mass is 9.87. The average molecular weight is 209 g/mol. The summed E-state index contributed by atoms with van der Waals surface area (Å²) < 4.78 is 2.01. The highest BCUT2D eigenvalue weighted by Crippen LogP contribution is 2.21. The average Bonchev–Trinajstić information content (AvgIpc) is 2.46. The van der Waals surface area contributed by atoms with Crippen LogP contribution in [0.25, 0.3) is 0 Å². The molecule has 0 aromatic carbocycles. The summed E-state index contributed by atoms with van der Waals surface area (Å²) in [4.78, 5) is 0. The maximum atomic E-state index is 4.47. The van der Waals surface area contributed by atoms with Crippen LogP contribution < -0.4 is 5.32 Å². The molecule has 0 radical (unpaired) electrons. The molecule has 0 amide bonds. The van der Waals surface area contributed by atoms with Crippen molar-refractivity contribution in [2.45, 2.75) is 33.6 Å². The van der Waals surface area contributed by atoms with E-state index in [2.05, 4.69) is 37.3 Å². The molecule has 0 atom stereocenters. The molecule has 0 aliphatic carbocycles. The van der Waals surface area contributed by atoms with E-state index in [1.807, 2.05) is 18.8 Å².